The fourth-order valence-corrected chi connectivity index (χ4v) is 3.20. The van der Waals surface area contributed by atoms with Crippen LogP contribution < -0.4 is 4.74 Å². The van der Waals surface area contributed by atoms with E-state index in [-0.39, 0.29) is 0 Å². The molecule has 0 atom stereocenters. The summed E-state index contributed by atoms with van der Waals surface area (Å²) in [5, 5.41) is 10.9. The monoisotopic (exact) mass is 275 g/mol. The number of hydrogen-bond acceptors (Lipinski definition) is 4. The van der Waals surface area contributed by atoms with Gasteiger partial charge in [-0.2, -0.15) is 5.26 Å². The predicted octanol–water partition coefficient (Wildman–Crippen LogP) is 4.18. The molecular formula is C14H13NOS2. The molecule has 0 aliphatic carbocycles. The van der Waals surface area contributed by atoms with Gasteiger partial charge >= 0.3 is 0 Å². The Morgan fingerprint density at radius 3 is 3.00 bits per heavy atom. The molecule has 0 aliphatic rings. The van der Waals surface area contributed by atoms with Crippen molar-refractivity contribution < 1.29 is 4.74 Å². The third-order valence-corrected chi connectivity index (χ3v) is 4.48. The Bertz CT molecular complexity index is 517. The van der Waals surface area contributed by atoms with Crippen molar-refractivity contribution in [3.05, 3.63) is 47.3 Å². The summed E-state index contributed by atoms with van der Waals surface area (Å²) in [5.41, 5.74) is 0.639. The van der Waals surface area contributed by atoms with Crippen LogP contribution >= 0.6 is 23.1 Å². The number of nitrogens with zero attached hydrogens (tertiary/aromatic N) is 1. The van der Waals surface area contributed by atoms with Crippen LogP contribution in [0, 0.1) is 11.3 Å². The minimum absolute atomic E-state index is 0.639. The highest BCUT2D eigenvalue weighted by molar-refractivity contribution is 8.01. The molecule has 0 radical (unpaired) electrons. The quantitative estimate of drug-likeness (QED) is 0.585. The summed E-state index contributed by atoms with van der Waals surface area (Å²) in [6.45, 7) is 0.688. The van der Waals surface area contributed by atoms with Crippen molar-refractivity contribution in [2.45, 2.75) is 10.6 Å². The molecule has 0 saturated carbocycles. The lowest BCUT2D eigenvalue weighted by Crippen LogP contribution is -1.98. The van der Waals surface area contributed by atoms with Crippen LogP contribution in [0.1, 0.15) is 12.0 Å². The van der Waals surface area contributed by atoms with Gasteiger partial charge in [0.25, 0.3) is 0 Å². The molecule has 1 heterocycles. The molecule has 0 spiro atoms. The Morgan fingerprint density at radius 2 is 2.22 bits per heavy atom. The lowest BCUT2D eigenvalue weighted by atomic mass is 10.2. The van der Waals surface area contributed by atoms with Crippen molar-refractivity contribution in [3.63, 3.8) is 0 Å². The van der Waals surface area contributed by atoms with E-state index in [1.54, 1.807) is 23.5 Å². The van der Waals surface area contributed by atoms with Gasteiger partial charge in [-0.3, -0.25) is 0 Å². The summed E-state index contributed by atoms with van der Waals surface area (Å²) in [4.78, 5) is 0. The molecule has 2 aromatic rings. The fraction of sp³-hybridized carbons (Fsp3) is 0.214. The SMILES string of the molecule is N#Cc1cccc(OCCCSc2cccs2)c1. The van der Waals surface area contributed by atoms with E-state index in [1.807, 2.05) is 23.9 Å². The number of nitriles is 1. The molecule has 0 bridgehead atoms. The second-order valence-electron chi connectivity index (χ2n) is 3.62. The van der Waals surface area contributed by atoms with E-state index >= 15 is 0 Å². The molecule has 2 nitrogen and oxygen atoms in total. The zero-order valence-corrected chi connectivity index (χ0v) is 11.5. The van der Waals surface area contributed by atoms with Gasteiger partial charge in [0.1, 0.15) is 5.75 Å². The molecule has 0 aliphatic heterocycles. The first-order chi connectivity index (χ1) is 8.88. The highest BCUT2D eigenvalue weighted by Gasteiger charge is 1.97. The van der Waals surface area contributed by atoms with Gasteiger partial charge in [0.05, 0.1) is 22.4 Å². The summed E-state index contributed by atoms with van der Waals surface area (Å²) in [6, 6.07) is 13.6. The first-order valence-corrected chi connectivity index (χ1v) is 7.54. The Balaban J connectivity index is 1.67. The van der Waals surface area contributed by atoms with E-state index in [1.165, 1.54) is 4.21 Å². The largest absolute Gasteiger partial charge is 0.494 e. The Hall–Kier alpha value is -1.44. The lowest BCUT2D eigenvalue weighted by molar-refractivity contribution is 0.318. The normalized spacial score (nSPS) is 9.94. The Labute approximate surface area is 115 Å². The lowest BCUT2D eigenvalue weighted by Gasteiger charge is -2.05. The summed E-state index contributed by atoms with van der Waals surface area (Å²) in [6.07, 6.45) is 0.999. The maximum Gasteiger partial charge on any atom is 0.120 e. The second kappa shape index (κ2) is 7.10. The van der Waals surface area contributed by atoms with Gasteiger partial charge < -0.3 is 4.74 Å². The highest BCUT2D eigenvalue weighted by atomic mass is 32.2. The molecule has 1 aromatic heterocycles. The minimum Gasteiger partial charge on any atom is -0.494 e. The van der Waals surface area contributed by atoms with E-state index in [2.05, 4.69) is 23.6 Å². The highest BCUT2D eigenvalue weighted by Crippen LogP contribution is 2.23. The maximum absolute atomic E-state index is 8.77. The number of rotatable bonds is 6. The molecule has 4 heteroatoms. The van der Waals surface area contributed by atoms with Crippen molar-refractivity contribution in [3.8, 4) is 11.8 Å². The van der Waals surface area contributed by atoms with Crippen molar-refractivity contribution in [2.24, 2.45) is 0 Å². The van der Waals surface area contributed by atoms with Crippen LogP contribution in [-0.2, 0) is 0 Å². The van der Waals surface area contributed by atoms with Crippen molar-refractivity contribution in [1.82, 2.24) is 0 Å². The third kappa shape index (κ3) is 4.10. The van der Waals surface area contributed by atoms with Gasteiger partial charge in [0.15, 0.2) is 0 Å². The molecule has 1 aromatic carbocycles. The molecule has 92 valence electrons. The fourth-order valence-electron chi connectivity index (χ4n) is 1.42. The Kier molecular flexibility index (Phi) is 5.13. The first kappa shape index (κ1) is 13.0. The topological polar surface area (TPSA) is 33.0 Å². The van der Waals surface area contributed by atoms with Gasteiger partial charge in [-0.1, -0.05) is 12.1 Å². The summed E-state index contributed by atoms with van der Waals surface area (Å²) < 4.78 is 6.96. The van der Waals surface area contributed by atoms with E-state index < -0.39 is 0 Å². The van der Waals surface area contributed by atoms with Crippen LogP contribution in [0.15, 0.2) is 46.0 Å². The van der Waals surface area contributed by atoms with Crippen molar-refractivity contribution in [1.29, 1.82) is 5.26 Å². The van der Waals surface area contributed by atoms with Crippen LogP contribution in [0.5, 0.6) is 5.75 Å². The number of hydrogen-bond donors (Lipinski definition) is 0. The molecular weight excluding hydrogens is 262 g/mol. The van der Waals surface area contributed by atoms with E-state index in [9.17, 15) is 0 Å². The average molecular weight is 275 g/mol. The van der Waals surface area contributed by atoms with Gasteiger partial charge in [0, 0.05) is 5.75 Å². The number of ether oxygens (including phenoxy) is 1. The first-order valence-electron chi connectivity index (χ1n) is 5.68. The Morgan fingerprint density at radius 1 is 1.28 bits per heavy atom. The maximum atomic E-state index is 8.77. The second-order valence-corrected chi connectivity index (χ2v) is 5.97. The van der Waals surface area contributed by atoms with E-state index in [0.717, 1.165) is 17.9 Å². The van der Waals surface area contributed by atoms with Gasteiger partial charge in [-0.25, -0.2) is 0 Å². The smallest absolute Gasteiger partial charge is 0.120 e. The van der Waals surface area contributed by atoms with E-state index in [0.29, 0.717) is 12.2 Å². The summed E-state index contributed by atoms with van der Waals surface area (Å²) in [7, 11) is 0. The molecule has 2 rings (SSSR count). The molecule has 0 amide bonds. The van der Waals surface area contributed by atoms with E-state index in [4.69, 9.17) is 10.00 Å². The van der Waals surface area contributed by atoms with Gasteiger partial charge in [0.2, 0.25) is 0 Å². The molecule has 0 fully saturated rings. The van der Waals surface area contributed by atoms with Gasteiger partial charge in [-0.15, -0.1) is 23.1 Å². The summed E-state index contributed by atoms with van der Waals surface area (Å²) in [5.74, 6) is 1.83. The van der Waals surface area contributed by atoms with Crippen LogP contribution in [0.4, 0.5) is 0 Å². The molecule has 18 heavy (non-hydrogen) atoms. The van der Waals surface area contributed by atoms with Crippen molar-refractivity contribution in [2.75, 3.05) is 12.4 Å². The van der Waals surface area contributed by atoms with Crippen LogP contribution in [0.25, 0.3) is 0 Å². The van der Waals surface area contributed by atoms with Gasteiger partial charge in [-0.05, 0) is 36.1 Å². The predicted molar refractivity (Wildman–Crippen MR) is 76.3 cm³/mol. The van der Waals surface area contributed by atoms with Crippen LogP contribution in [0.2, 0.25) is 0 Å². The third-order valence-electron chi connectivity index (χ3n) is 2.26. The van der Waals surface area contributed by atoms with Crippen LogP contribution in [-0.4, -0.2) is 12.4 Å². The van der Waals surface area contributed by atoms with Crippen LogP contribution in [0.3, 0.4) is 0 Å². The minimum atomic E-state index is 0.639. The summed E-state index contributed by atoms with van der Waals surface area (Å²) >= 11 is 3.62. The number of thiophene rings is 1. The molecule has 0 unspecified atom stereocenters. The molecule has 0 saturated heterocycles. The standard InChI is InChI=1S/C14H13NOS2/c15-11-12-4-1-5-13(10-12)16-7-3-9-18-14-6-2-8-17-14/h1-2,4-6,8,10H,3,7,9H2. The zero-order chi connectivity index (χ0) is 12.6. The van der Waals surface area contributed by atoms with Crippen molar-refractivity contribution >= 4 is 23.1 Å². The average Bonchev–Trinajstić information content (AvgIpc) is 2.92. The zero-order valence-electron chi connectivity index (χ0n) is 9.83. The number of thioether (sulfide) groups is 1. The number of benzene rings is 1. The molecule has 0 N–H and O–H groups in total.